The Morgan fingerprint density at radius 2 is 1.75 bits per heavy atom. The second-order valence-corrected chi connectivity index (χ2v) is 9.63. The fraction of sp³-hybridized carbons (Fsp3) is 0.739. The Bertz CT molecular complexity index is 704. The summed E-state index contributed by atoms with van der Waals surface area (Å²) in [4.78, 5) is 23.2. The Balaban J connectivity index is 1.96. The molecule has 2 fully saturated rings. The van der Waals surface area contributed by atoms with Gasteiger partial charge >= 0.3 is 11.9 Å². The predicted octanol–water partition coefficient (Wildman–Crippen LogP) is 4.91. The van der Waals surface area contributed by atoms with Gasteiger partial charge in [-0.15, -0.1) is 0 Å². The number of fused-ring (bicyclic) bond motifs is 1. The quantitative estimate of drug-likeness (QED) is 0.641. The molecule has 0 bridgehead atoms. The number of hydrogen-bond donors (Lipinski definition) is 0. The van der Waals surface area contributed by atoms with E-state index in [1.807, 2.05) is 6.92 Å². The van der Waals surface area contributed by atoms with Gasteiger partial charge in [-0.2, -0.15) is 0 Å². The van der Waals surface area contributed by atoms with Crippen molar-refractivity contribution >= 4 is 11.9 Å². The van der Waals surface area contributed by atoms with E-state index in [-0.39, 0.29) is 29.2 Å². The zero-order chi connectivity index (χ0) is 20.7. The maximum absolute atomic E-state index is 11.7. The smallest absolute Gasteiger partial charge is 0.304 e. The second-order valence-electron chi connectivity index (χ2n) is 9.63. The van der Waals surface area contributed by atoms with Crippen molar-refractivity contribution in [1.29, 1.82) is 0 Å². The molecule has 2 aliphatic carbocycles. The Labute approximate surface area is 168 Å². The molecule has 0 aromatic heterocycles. The lowest BCUT2D eigenvalue weighted by Crippen LogP contribution is -2.38. The van der Waals surface area contributed by atoms with Gasteiger partial charge in [0.15, 0.2) is 0 Å². The summed E-state index contributed by atoms with van der Waals surface area (Å²) in [6.07, 6.45) is 8.54. The van der Waals surface area contributed by atoms with E-state index in [0.717, 1.165) is 19.3 Å². The molecule has 0 amide bonds. The summed E-state index contributed by atoms with van der Waals surface area (Å²) in [6, 6.07) is 0. The van der Waals surface area contributed by atoms with Crippen LogP contribution in [0.25, 0.3) is 0 Å². The summed E-state index contributed by atoms with van der Waals surface area (Å²) in [5.74, 6) is -0.919. The summed E-state index contributed by atoms with van der Waals surface area (Å²) in [7, 11) is 0. The lowest BCUT2D eigenvalue weighted by Gasteiger charge is -2.47. The summed E-state index contributed by atoms with van der Waals surface area (Å²) in [6.45, 7) is 11.9. The van der Waals surface area contributed by atoms with E-state index in [4.69, 9.17) is 14.2 Å². The minimum Gasteiger partial charge on any atom is -0.435 e. The van der Waals surface area contributed by atoms with Crippen LogP contribution in [0.2, 0.25) is 0 Å². The van der Waals surface area contributed by atoms with Gasteiger partial charge in [-0.05, 0) is 54.6 Å². The van der Waals surface area contributed by atoms with E-state index in [2.05, 4.69) is 32.9 Å². The largest absolute Gasteiger partial charge is 0.435 e. The van der Waals surface area contributed by atoms with E-state index in [1.54, 1.807) is 0 Å². The van der Waals surface area contributed by atoms with Crippen LogP contribution < -0.4 is 0 Å². The Hall–Kier alpha value is -1.62. The van der Waals surface area contributed by atoms with Crippen LogP contribution in [0.5, 0.6) is 0 Å². The van der Waals surface area contributed by atoms with E-state index in [1.165, 1.54) is 37.8 Å². The summed E-state index contributed by atoms with van der Waals surface area (Å²) in [5, 5.41) is 0. The zero-order valence-electron chi connectivity index (χ0n) is 18.0. The fourth-order valence-corrected chi connectivity index (χ4v) is 5.78. The average molecular weight is 391 g/mol. The molecule has 0 unspecified atom stereocenters. The SMILES string of the molecule is C/C=C1\C([C@@]2(C)CCCC(C)(C)C2)=CC[C@H]2[C@H](OC(C)=O)O[C@H](OC(C)=O)[C@@H]12. The van der Waals surface area contributed by atoms with Crippen LogP contribution in [-0.2, 0) is 23.8 Å². The highest BCUT2D eigenvalue weighted by Gasteiger charge is 2.53. The number of carbonyl (C=O) groups excluding carboxylic acids is 2. The topological polar surface area (TPSA) is 61.8 Å². The third-order valence-corrected chi connectivity index (χ3v) is 6.61. The molecule has 5 atom stereocenters. The predicted molar refractivity (Wildman–Crippen MR) is 106 cm³/mol. The molecule has 3 rings (SSSR count). The van der Waals surface area contributed by atoms with Crippen LogP contribution in [0.3, 0.4) is 0 Å². The van der Waals surface area contributed by atoms with Crippen molar-refractivity contribution < 1.29 is 23.8 Å². The second kappa shape index (κ2) is 7.66. The molecule has 0 spiro atoms. The van der Waals surface area contributed by atoms with Crippen LogP contribution in [0, 0.1) is 22.7 Å². The van der Waals surface area contributed by atoms with E-state index >= 15 is 0 Å². The van der Waals surface area contributed by atoms with Gasteiger partial charge in [0.1, 0.15) is 0 Å². The number of ether oxygens (including phenoxy) is 3. The average Bonchev–Trinajstić information content (AvgIpc) is 2.89. The molecule has 1 saturated carbocycles. The van der Waals surface area contributed by atoms with Gasteiger partial charge in [0.05, 0.1) is 5.92 Å². The van der Waals surface area contributed by atoms with Crippen LogP contribution in [0.4, 0.5) is 0 Å². The molecule has 0 aromatic rings. The lowest BCUT2D eigenvalue weighted by atomic mass is 9.57. The third-order valence-electron chi connectivity index (χ3n) is 6.61. The van der Waals surface area contributed by atoms with Crippen molar-refractivity contribution in [3.05, 3.63) is 23.3 Å². The highest BCUT2D eigenvalue weighted by Crippen LogP contribution is 2.56. The first-order chi connectivity index (χ1) is 13.1. The van der Waals surface area contributed by atoms with Crippen LogP contribution in [0.1, 0.15) is 73.6 Å². The highest BCUT2D eigenvalue weighted by atomic mass is 16.8. The van der Waals surface area contributed by atoms with Crippen LogP contribution in [0.15, 0.2) is 23.3 Å². The molecule has 156 valence electrons. The minimum absolute atomic E-state index is 0.0385. The van der Waals surface area contributed by atoms with Gasteiger partial charge in [0.2, 0.25) is 12.6 Å². The summed E-state index contributed by atoms with van der Waals surface area (Å²) >= 11 is 0. The van der Waals surface area contributed by atoms with Crippen LogP contribution >= 0.6 is 0 Å². The first-order valence-corrected chi connectivity index (χ1v) is 10.4. The Morgan fingerprint density at radius 3 is 2.32 bits per heavy atom. The van der Waals surface area contributed by atoms with Gasteiger partial charge in [0.25, 0.3) is 0 Å². The monoisotopic (exact) mass is 390 g/mol. The minimum atomic E-state index is -0.720. The third kappa shape index (κ3) is 4.05. The maximum atomic E-state index is 11.7. The van der Waals surface area contributed by atoms with Gasteiger partial charge < -0.3 is 14.2 Å². The Morgan fingerprint density at radius 1 is 1.11 bits per heavy atom. The van der Waals surface area contributed by atoms with Crippen molar-refractivity contribution in [3.8, 4) is 0 Å². The van der Waals surface area contributed by atoms with Crippen molar-refractivity contribution in [1.82, 2.24) is 0 Å². The molecule has 0 aromatic carbocycles. The first kappa shape index (κ1) is 21.1. The molecule has 28 heavy (non-hydrogen) atoms. The lowest BCUT2D eigenvalue weighted by molar-refractivity contribution is -0.213. The van der Waals surface area contributed by atoms with Gasteiger partial charge in [0, 0.05) is 19.8 Å². The molecule has 1 saturated heterocycles. The van der Waals surface area contributed by atoms with Crippen molar-refractivity contribution in [2.45, 2.75) is 86.2 Å². The molecular weight excluding hydrogens is 356 g/mol. The number of allylic oxidation sites excluding steroid dienone is 3. The Kier molecular flexibility index (Phi) is 5.77. The van der Waals surface area contributed by atoms with E-state index in [9.17, 15) is 9.59 Å². The fourth-order valence-electron chi connectivity index (χ4n) is 5.78. The van der Waals surface area contributed by atoms with Crippen LogP contribution in [-0.4, -0.2) is 24.5 Å². The van der Waals surface area contributed by atoms with Gasteiger partial charge in [-0.3, -0.25) is 9.59 Å². The standard InChI is InChI=1S/C23H34O5/c1-7-16-18(23(6)12-8-11-22(4,5)13-23)10-9-17-19(16)21(27-15(3)25)28-20(17)26-14(2)24/h7,10,17,19-21H,8-9,11-13H2,1-6H3/b16-7+/t17-,19+,20-,21+,23+/m1/s1. The van der Waals surface area contributed by atoms with Crippen molar-refractivity contribution in [3.63, 3.8) is 0 Å². The summed E-state index contributed by atoms with van der Waals surface area (Å²) < 4.78 is 16.8. The molecule has 5 nitrogen and oxygen atoms in total. The molecule has 5 heteroatoms. The molecular formula is C23H34O5. The van der Waals surface area contributed by atoms with E-state index < -0.39 is 12.6 Å². The molecule has 3 aliphatic rings. The van der Waals surface area contributed by atoms with Crippen molar-refractivity contribution in [2.75, 3.05) is 0 Å². The maximum Gasteiger partial charge on any atom is 0.304 e. The van der Waals surface area contributed by atoms with Gasteiger partial charge in [-0.1, -0.05) is 39.3 Å². The number of rotatable bonds is 3. The molecule has 1 heterocycles. The summed E-state index contributed by atoms with van der Waals surface area (Å²) in [5.41, 5.74) is 2.94. The molecule has 0 radical (unpaired) electrons. The normalized spacial score (nSPS) is 38.5. The number of hydrogen-bond acceptors (Lipinski definition) is 5. The van der Waals surface area contributed by atoms with Crippen molar-refractivity contribution in [2.24, 2.45) is 22.7 Å². The van der Waals surface area contributed by atoms with Gasteiger partial charge in [-0.25, -0.2) is 0 Å². The first-order valence-electron chi connectivity index (χ1n) is 10.4. The molecule has 0 N–H and O–H groups in total. The number of esters is 2. The molecule has 1 aliphatic heterocycles. The number of carbonyl (C=O) groups is 2. The highest BCUT2D eigenvalue weighted by molar-refractivity contribution is 5.67. The zero-order valence-corrected chi connectivity index (χ0v) is 18.0. The van der Waals surface area contributed by atoms with E-state index in [0.29, 0.717) is 5.41 Å².